The van der Waals surface area contributed by atoms with Crippen LogP contribution in [-0.4, -0.2) is 24.4 Å². The molecule has 0 bridgehead atoms. The zero-order valence-corrected chi connectivity index (χ0v) is 15.1. The molecule has 1 aliphatic rings. The Hall–Kier alpha value is -2.87. The van der Waals surface area contributed by atoms with Crippen LogP contribution >= 0.6 is 11.3 Å². The van der Waals surface area contributed by atoms with Gasteiger partial charge in [0.05, 0.1) is 18.2 Å². The van der Waals surface area contributed by atoms with Gasteiger partial charge < -0.3 is 20.1 Å². The maximum absolute atomic E-state index is 12.5. The number of hydrogen-bond acceptors (Lipinski definition) is 6. The summed E-state index contributed by atoms with van der Waals surface area (Å²) in [5, 5.41) is 7.40. The predicted molar refractivity (Wildman–Crippen MR) is 96.7 cm³/mol. The molecule has 1 aromatic carbocycles. The lowest BCUT2D eigenvalue weighted by Crippen LogP contribution is -2.29. The van der Waals surface area contributed by atoms with Crippen molar-refractivity contribution >= 4 is 34.6 Å². The molecule has 2 heterocycles. The number of ether oxygens (including phenoxy) is 2. The molecule has 1 atom stereocenters. The van der Waals surface area contributed by atoms with Crippen LogP contribution in [0.4, 0.5) is 5.69 Å². The highest BCUT2D eigenvalue weighted by Crippen LogP contribution is 2.37. The van der Waals surface area contributed by atoms with Crippen LogP contribution in [0.3, 0.4) is 0 Å². The minimum absolute atomic E-state index is 0.0475. The average molecular weight is 374 g/mol. The summed E-state index contributed by atoms with van der Waals surface area (Å²) in [6.07, 6.45) is 0.0475. The number of Topliss-reactive ketones (excluding diaryl/α,β-unsaturated/α-hetero) is 1. The predicted octanol–water partition coefficient (Wildman–Crippen LogP) is 2.89. The highest BCUT2D eigenvalue weighted by molar-refractivity contribution is 7.10. The van der Waals surface area contributed by atoms with Crippen LogP contribution in [0.1, 0.15) is 41.5 Å². The minimum atomic E-state index is -0.428. The van der Waals surface area contributed by atoms with Crippen LogP contribution in [0.25, 0.3) is 0 Å². The molecule has 26 heavy (non-hydrogen) atoms. The van der Waals surface area contributed by atoms with Gasteiger partial charge in [-0.2, -0.15) is 0 Å². The molecule has 0 spiro atoms. The lowest BCUT2D eigenvalue weighted by molar-refractivity contribution is -0.120. The van der Waals surface area contributed by atoms with E-state index in [1.54, 1.807) is 12.1 Å². The molecule has 1 aliphatic heterocycles. The summed E-state index contributed by atoms with van der Waals surface area (Å²) in [6.45, 7) is 2.90. The topological polar surface area (TPSA) is 93.7 Å². The Morgan fingerprint density at radius 2 is 1.92 bits per heavy atom. The molecule has 7 nitrogen and oxygen atoms in total. The molecular weight excluding hydrogens is 356 g/mol. The van der Waals surface area contributed by atoms with Gasteiger partial charge >= 0.3 is 0 Å². The zero-order chi connectivity index (χ0) is 18.7. The van der Waals surface area contributed by atoms with Crippen molar-refractivity contribution in [2.24, 2.45) is 0 Å². The first-order valence-electron chi connectivity index (χ1n) is 7.99. The smallest absolute Gasteiger partial charge is 0.231 e. The highest BCUT2D eigenvalue weighted by atomic mass is 32.1. The van der Waals surface area contributed by atoms with Gasteiger partial charge in [0.1, 0.15) is 0 Å². The van der Waals surface area contributed by atoms with Crippen LogP contribution in [0.15, 0.2) is 29.6 Å². The number of fused-ring (bicyclic) bond motifs is 1. The summed E-state index contributed by atoms with van der Waals surface area (Å²) in [5.74, 6) is 0.211. The Morgan fingerprint density at radius 3 is 2.54 bits per heavy atom. The van der Waals surface area contributed by atoms with E-state index >= 15 is 0 Å². The van der Waals surface area contributed by atoms with Crippen LogP contribution < -0.4 is 20.1 Å². The third kappa shape index (κ3) is 4.02. The maximum Gasteiger partial charge on any atom is 0.231 e. The minimum Gasteiger partial charge on any atom is -0.454 e. The molecule has 2 aromatic rings. The van der Waals surface area contributed by atoms with Crippen molar-refractivity contribution in [3.63, 3.8) is 0 Å². The quantitative estimate of drug-likeness (QED) is 0.759. The fourth-order valence-electron chi connectivity index (χ4n) is 2.68. The van der Waals surface area contributed by atoms with Crippen LogP contribution in [0.2, 0.25) is 0 Å². The van der Waals surface area contributed by atoms with Crippen molar-refractivity contribution in [3.05, 3.63) is 40.1 Å². The number of benzene rings is 1. The Balaban J connectivity index is 1.78. The van der Waals surface area contributed by atoms with Gasteiger partial charge in [-0.15, -0.1) is 11.3 Å². The summed E-state index contributed by atoms with van der Waals surface area (Å²) < 4.78 is 10.6. The average Bonchev–Trinajstić information content (AvgIpc) is 3.24. The van der Waals surface area contributed by atoms with Crippen molar-refractivity contribution in [1.29, 1.82) is 0 Å². The van der Waals surface area contributed by atoms with Crippen molar-refractivity contribution in [2.75, 3.05) is 12.1 Å². The Labute approximate surface area is 154 Å². The molecule has 0 radical (unpaired) electrons. The Bertz CT molecular complexity index is 848. The molecular formula is C18H18N2O5S. The molecule has 0 aliphatic carbocycles. The molecule has 1 aromatic heterocycles. The number of hydrogen-bond donors (Lipinski definition) is 2. The number of anilines is 1. The second kappa shape index (κ2) is 7.57. The molecule has 0 saturated heterocycles. The molecule has 0 saturated carbocycles. The summed E-state index contributed by atoms with van der Waals surface area (Å²) in [5.41, 5.74) is 0.703. The lowest BCUT2D eigenvalue weighted by Gasteiger charge is -2.17. The van der Waals surface area contributed by atoms with E-state index in [9.17, 15) is 14.4 Å². The summed E-state index contributed by atoms with van der Waals surface area (Å²) in [7, 11) is 0. The van der Waals surface area contributed by atoms with E-state index in [4.69, 9.17) is 9.47 Å². The molecule has 3 rings (SSSR count). The van der Waals surface area contributed by atoms with E-state index in [1.807, 2.05) is 17.5 Å². The van der Waals surface area contributed by atoms with Gasteiger partial charge in [0, 0.05) is 23.4 Å². The lowest BCUT2D eigenvalue weighted by atomic mass is 10.1. The van der Waals surface area contributed by atoms with Crippen molar-refractivity contribution in [3.8, 4) is 11.5 Å². The van der Waals surface area contributed by atoms with Crippen molar-refractivity contribution in [2.45, 2.75) is 26.3 Å². The Kier molecular flexibility index (Phi) is 5.22. The van der Waals surface area contributed by atoms with Gasteiger partial charge in [0.25, 0.3) is 0 Å². The van der Waals surface area contributed by atoms with Gasteiger partial charge in [0.2, 0.25) is 18.6 Å². The number of amides is 2. The van der Waals surface area contributed by atoms with Gasteiger partial charge in [-0.25, -0.2) is 0 Å². The molecule has 0 fully saturated rings. The normalized spacial score (nSPS) is 13.2. The van der Waals surface area contributed by atoms with Crippen LogP contribution in [0.5, 0.6) is 11.5 Å². The van der Waals surface area contributed by atoms with Crippen molar-refractivity contribution in [1.82, 2.24) is 5.32 Å². The van der Waals surface area contributed by atoms with E-state index in [0.717, 1.165) is 4.88 Å². The summed E-state index contributed by atoms with van der Waals surface area (Å²) in [6, 6.07) is 6.43. The number of carbonyl (C=O) groups excluding carboxylic acids is 3. The van der Waals surface area contributed by atoms with E-state index in [-0.39, 0.29) is 30.8 Å². The Morgan fingerprint density at radius 1 is 1.19 bits per heavy atom. The van der Waals surface area contributed by atoms with Gasteiger partial charge in [-0.1, -0.05) is 6.07 Å². The molecule has 2 amide bonds. The fourth-order valence-corrected chi connectivity index (χ4v) is 3.46. The maximum atomic E-state index is 12.5. The monoisotopic (exact) mass is 374 g/mol. The third-order valence-electron chi connectivity index (χ3n) is 3.82. The molecule has 1 unspecified atom stereocenters. The van der Waals surface area contributed by atoms with Gasteiger partial charge in [-0.3, -0.25) is 14.4 Å². The second-order valence-electron chi connectivity index (χ2n) is 5.83. The van der Waals surface area contributed by atoms with E-state index < -0.39 is 6.04 Å². The van der Waals surface area contributed by atoms with E-state index in [0.29, 0.717) is 22.7 Å². The van der Waals surface area contributed by atoms with Crippen LogP contribution in [-0.2, 0) is 9.59 Å². The first kappa shape index (κ1) is 17.9. The number of carbonyl (C=O) groups is 3. The van der Waals surface area contributed by atoms with Gasteiger partial charge in [-0.05, 0) is 24.4 Å². The van der Waals surface area contributed by atoms with Crippen molar-refractivity contribution < 1.29 is 23.9 Å². The second-order valence-corrected chi connectivity index (χ2v) is 6.81. The van der Waals surface area contributed by atoms with E-state index in [1.165, 1.54) is 25.2 Å². The van der Waals surface area contributed by atoms with E-state index in [2.05, 4.69) is 10.6 Å². The first-order chi connectivity index (χ1) is 12.4. The molecule has 8 heteroatoms. The number of nitrogens with one attached hydrogen (secondary N) is 2. The summed E-state index contributed by atoms with van der Waals surface area (Å²) >= 11 is 1.46. The first-order valence-corrected chi connectivity index (χ1v) is 8.87. The fraction of sp³-hybridized carbons (Fsp3) is 0.278. The molecule has 2 N–H and O–H groups in total. The SMILES string of the molecule is CC(=O)NC(CC(=O)Nc1cc2c(cc1C(C)=O)OCO2)c1cccs1. The number of ketones is 1. The zero-order valence-electron chi connectivity index (χ0n) is 14.3. The van der Waals surface area contributed by atoms with Gasteiger partial charge in [0.15, 0.2) is 17.3 Å². The standard InChI is InChI=1S/C18H18N2O5S/c1-10(21)12-6-15-16(25-9-24-15)7-13(12)20-18(23)8-14(19-11(2)22)17-4-3-5-26-17/h3-7,14H,8-9H2,1-2H3,(H,19,22)(H,20,23). The largest absolute Gasteiger partial charge is 0.454 e. The van der Waals surface area contributed by atoms with Crippen LogP contribution in [0, 0.1) is 0 Å². The molecule has 136 valence electrons. The highest BCUT2D eigenvalue weighted by Gasteiger charge is 2.22. The number of rotatable bonds is 6. The third-order valence-corrected chi connectivity index (χ3v) is 4.81. The summed E-state index contributed by atoms with van der Waals surface area (Å²) in [4.78, 5) is 36.8. The number of thiophene rings is 1.